The highest BCUT2D eigenvalue weighted by molar-refractivity contribution is 7.80. The van der Waals surface area contributed by atoms with E-state index in [9.17, 15) is 0 Å². The second kappa shape index (κ2) is 6.80. The molecule has 5 nitrogen and oxygen atoms in total. The van der Waals surface area contributed by atoms with Crippen LogP contribution in [0.4, 0.5) is 0 Å². The quantitative estimate of drug-likeness (QED) is 0.508. The summed E-state index contributed by atoms with van der Waals surface area (Å²) < 4.78 is 10.5. The van der Waals surface area contributed by atoms with Crippen LogP contribution in [-0.4, -0.2) is 37.6 Å². The molecular formula is C12H17N3O2S. The van der Waals surface area contributed by atoms with Crippen LogP contribution in [0.25, 0.3) is 0 Å². The van der Waals surface area contributed by atoms with E-state index in [2.05, 4.69) is 4.99 Å². The first-order chi connectivity index (χ1) is 8.62. The van der Waals surface area contributed by atoms with Gasteiger partial charge in [0.1, 0.15) is 11.5 Å². The third-order valence-electron chi connectivity index (χ3n) is 2.41. The summed E-state index contributed by atoms with van der Waals surface area (Å²) in [6, 6.07) is 5.64. The molecule has 0 heterocycles. The van der Waals surface area contributed by atoms with Gasteiger partial charge in [-0.05, 0) is 24.4 Å². The van der Waals surface area contributed by atoms with Crippen LogP contribution in [0, 0.1) is 0 Å². The first kappa shape index (κ1) is 14.2. The maximum absolute atomic E-state index is 5.32. The summed E-state index contributed by atoms with van der Waals surface area (Å²) in [6.45, 7) is 0.587. The van der Waals surface area contributed by atoms with Crippen molar-refractivity contribution in [2.75, 3.05) is 21.3 Å². The summed E-state index contributed by atoms with van der Waals surface area (Å²) in [5, 5.41) is 0.426. The molecule has 0 radical (unpaired) electrons. The Bertz CT molecular complexity index is 449. The molecule has 0 bridgehead atoms. The Morgan fingerprint density at radius 3 is 2.72 bits per heavy atom. The predicted octanol–water partition coefficient (Wildman–Crippen LogP) is 1.41. The number of hydrogen-bond donors (Lipinski definition) is 1. The smallest absolute Gasteiger partial charge is 0.196 e. The molecule has 1 rings (SSSR count). The third kappa shape index (κ3) is 3.59. The largest absolute Gasteiger partial charge is 0.497 e. The van der Waals surface area contributed by atoms with E-state index in [4.69, 9.17) is 27.4 Å². The van der Waals surface area contributed by atoms with E-state index in [0.717, 1.165) is 17.1 Å². The summed E-state index contributed by atoms with van der Waals surface area (Å²) in [4.78, 5) is 5.66. The highest BCUT2D eigenvalue weighted by atomic mass is 32.1. The van der Waals surface area contributed by atoms with Crippen LogP contribution in [0.15, 0.2) is 23.2 Å². The summed E-state index contributed by atoms with van der Waals surface area (Å²) in [5.41, 5.74) is 6.20. The van der Waals surface area contributed by atoms with Gasteiger partial charge in [-0.25, -0.2) is 4.99 Å². The van der Waals surface area contributed by atoms with Crippen LogP contribution in [0.1, 0.15) is 5.56 Å². The van der Waals surface area contributed by atoms with E-state index in [1.807, 2.05) is 30.1 Å². The average Bonchev–Trinajstić information content (AvgIpc) is 2.39. The Morgan fingerprint density at radius 2 is 2.17 bits per heavy atom. The van der Waals surface area contributed by atoms with Crippen molar-refractivity contribution in [2.24, 2.45) is 10.7 Å². The lowest BCUT2D eigenvalue weighted by atomic mass is 10.2. The van der Waals surface area contributed by atoms with Gasteiger partial charge in [-0.3, -0.25) is 0 Å². The number of aliphatic imine (C=N–C) groups is 1. The van der Waals surface area contributed by atoms with Crippen molar-refractivity contribution in [1.29, 1.82) is 0 Å². The number of nitrogens with zero attached hydrogens (tertiary/aromatic N) is 2. The number of ether oxygens (including phenoxy) is 2. The molecule has 0 saturated heterocycles. The minimum atomic E-state index is 0.426. The Hall–Kier alpha value is -1.82. The molecule has 0 fully saturated rings. The molecule has 1 aromatic rings. The number of methoxy groups -OCH3 is 2. The number of hydrogen-bond acceptors (Lipinski definition) is 3. The van der Waals surface area contributed by atoms with E-state index in [0.29, 0.717) is 11.7 Å². The van der Waals surface area contributed by atoms with Gasteiger partial charge in [0.25, 0.3) is 0 Å². The number of benzene rings is 1. The molecular weight excluding hydrogens is 250 g/mol. The summed E-state index contributed by atoms with van der Waals surface area (Å²) in [5.74, 6) is 1.50. The van der Waals surface area contributed by atoms with Gasteiger partial charge >= 0.3 is 0 Å². The Balaban J connectivity index is 2.87. The molecule has 0 aliphatic heterocycles. The van der Waals surface area contributed by atoms with Crippen LogP contribution < -0.4 is 15.2 Å². The molecule has 18 heavy (non-hydrogen) atoms. The minimum Gasteiger partial charge on any atom is -0.497 e. The lowest BCUT2D eigenvalue weighted by molar-refractivity contribution is 0.384. The molecule has 1 aromatic carbocycles. The molecule has 0 aliphatic carbocycles. The van der Waals surface area contributed by atoms with Crippen LogP contribution in [0.5, 0.6) is 11.5 Å². The molecule has 2 N–H and O–H groups in total. The summed E-state index contributed by atoms with van der Waals surface area (Å²) >= 11 is 5.09. The Kier molecular flexibility index (Phi) is 5.38. The Morgan fingerprint density at radius 1 is 1.44 bits per heavy atom. The number of thiocarbonyl (C=S) groups is 1. The van der Waals surface area contributed by atoms with E-state index in [-0.39, 0.29) is 0 Å². The van der Waals surface area contributed by atoms with E-state index in [1.54, 1.807) is 14.2 Å². The van der Waals surface area contributed by atoms with Crippen LogP contribution >= 0.6 is 12.2 Å². The zero-order valence-corrected chi connectivity index (χ0v) is 11.5. The number of nitrogens with two attached hydrogens (primary N) is 1. The fraction of sp³-hybridized carbons (Fsp3) is 0.333. The fourth-order valence-electron chi connectivity index (χ4n) is 1.47. The monoisotopic (exact) mass is 267 g/mol. The van der Waals surface area contributed by atoms with E-state index in [1.165, 1.54) is 6.34 Å². The van der Waals surface area contributed by atoms with Crippen LogP contribution in [0.2, 0.25) is 0 Å². The molecule has 98 valence electrons. The molecule has 0 amide bonds. The predicted molar refractivity (Wildman–Crippen MR) is 76.3 cm³/mol. The van der Waals surface area contributed by atoms with Gasteiger partial charge < -0.3 is 20.1 Å². The van der Waals surface area contributed by atoms with Gasteiger partial charge in [-0.2, -0.15) is 0 Å². The van der Waals surface area contributed by atoms with Crippen molar-refractivity contribution in [3.63, 3.8) is 0 Å². The number of rotatable bonds is 4. The second-order valence-corrected chi connectivity index (χ2v) is 3.96. The van der Waals surface area contributed by atoms with Crippen molar-refractivity contribution in [1.82, 2.24) is 4.90 Å². The standard InChI is InChI=1S/C12H17N3O2S/c1-15(12(18)14-8-13)7-9-4-5-10(16-2)6-11(9)17-3/h4-6,8H,7H2,1-3H3,(H2,13,14,18). The molecule has 0 saturated carbocycles. The zero-order chi connectivity index (χ0) is 13.5. The molecule has 0 unspecified atom stereocenters. The van der Waals surface area contributed by atoms with Gasteiger partial charge in [-0.15, -0.1) is 0 Å². The molecule has 0 atom stereocenters. The normalized spacial score (nSPS) is 10.4. The SMILES string of the molecule is COc1ccc(CN(C)C(=S)N=CN)c(OC)c1. The second-order valence-electron chi connectivity index (χ2n) is 3.59. The topological polar surface area (TPSA) is 60.1 Å². The third-order valence-corrected chi connectivity index (χ3v) is 2.83. The average molecular weight is 267 g/mol. The van der Waals surface area contributed by atoms with Crippen molar-refractivity contribution in [3.05, 3.63) is 23.8 Å². The summed E-state index contributed by atoms with van der Waals surface area (Å²) in [6.07, 6.45) is 1.18. The van der Waals surface area contributed by atoms with Crippen LogP contribution in [-0.2, 0) is 6.54 Å². The molecule has 0 aliphatic rings. The van der Waals surface area contributed by atoms with Crippen molar-refractivity contribution in [2.45, 2.75) is 6.54 Å². The maximum Gasteiger partial charge on any atom is 0.196 e. The van der Waals surface area contributed by atoms with E-state index >= 15 is 0 Å². The van der Waals surface area contributed by atoms with Crippen molar-refractivity contribution >= 4 is 23.7 Å². The lowest BCUT2D eigenvalue weighted by Gasteiger charge is -2.18. The summed E-state index contributed by atoms with van der Waals surface area (Å²) in [7, 11) is 5.08. The molecule has 6 heteroatoms. The van der Waals surface area contributed by atoms with Gasteiger partial charge in [0.15, 0.2) is 5.11 Å². The highest BCUT2D eigenvalue weighted by Gasteiger charge is 2.09. The molecule has 0 aromatic heterocycles. The van der Waals surface area contributed by atoms with Gasteiger partial charge in [0.05, 0.1) is 20.6 Å². The fourth-order valence-corrected chi connectivity index (χ4v) is 1.59. The Labute approximate surface area is 112 Å². The lowest BCUT2D eigenvalue weighted by Crippen LogP contribution is -2.23. The van der Waals surface area contributed by atoms with Crippen molar-refractivity contribution < 1.29 is 9.47 Å². The van der Waals surface area contributed by atoms with Gasteiger partial charge in [0.2, 0.25) is 0 Å². The van der Waals surface area contributed by atoms with E-state index < -0.39 is 0 Å². The minimum absolute atomic E-state index is 0.426. The van der Waals surface area contributed by atoms with Crippen molar-refractivity contribution in [3.8, 4) is 11.5 Å². The first-order valence-electron chi connectivity index (χ1n) is 5.32. The van der Waals surface area contributed by atoms with Gasteiger partial charge in [0, 0.05) is 25.2 Å². The van der Waals surface area contributed by atoms with Gasteiger partial charge in [-0.1, -0.05) is 0 Å². The maximum atomic E-state index is 5.32. The van der Waals surface area contributed by atoms with Crippen LogP contribution in [0.3, 0.4) is 0 Å². The highest BCUT2D eigenvalue weighted by Crippen LogP contribution is 2.25. The zero-order valence-electron chi connectivity index (χ0n) is 10.7. The molecule has 0 spiro atoms. The first-order valence-corrected chi connectivity index (χ1v) is 5.73.